The molecule has 0 aliphatic heterocycles. The van der Waals surface area contributed by atoms with Crippen molar-refractivity contribution < 1.29 is 19.1 Å². The van der Waals surface area contributed by atoms with E-state index in [1.807, 2.05) is 12.1 Å². The lowest BCUT2D eigenvalue weighted by atomic mass is 10.0. The molecule has 0 saturated heterocycles. The van der Waals surface area contributed by atoms with Crippen LogP contribution in [0.5, 0.6) is 0 Å². The van der Waals surface area contributed by atoms with Crippen molar-refractivity contribution in [3.8, 4) is 23.5 Å². The van der Waals surface area contributed by atoms with E-state index in [0.29, 0.717) is 12.1 Å². The summed E-state index contributed by atoms with van der Waals surface area (Å²) in [6, 6.07) is 13.1. The molecular formula is C22H17N5O4S. The standard InChI is InChI=1S/C22H17N5O4S/c1-2-17(20(28)26-13-6-3-5-12(9-13)22(29)30)32-21-15(11-24)18(16-7-4-8-31-16)14(10-23)19(25)27-21/h3-9,17H,2H2,1H3,(H2,25,27)(H,26,28)(H,29,30). The van der Waals surface area contributed by atoms with Gasteiger partial charge in [0.2, 0.25) is 5.91 Å². The largest absolute Gasteiger partial charge is 0.478 e. The number of carboxylic acids is 1. The number of furan rings is 1. The van der Waals surface area contributed by atoms with Gasteiger partial charge in [-0.1, -0.05) is 24.8 Å². The lowest BCUT2D eigenvalue weighted by Gasteiger charge is -2.17. The maximum Gasteiger partial charge on any atom is 0.335 e. The van der Waals surface area contributed by atoms with Crippen LogP contribution in [-0.4, -0.2) is 27.2 Å². The van der Waals surface area contributed by atoms with Gasteiger partial charge in [-0.2, -0.15) is 10.5 Å². The number of carboxylic acid groups (broad SMARTS) is 1. The van der Waals surface area contributed by atoms with Gasteiger partial charge in [0, 0.05) is 5.69 Å². The molecular weight excluding hydrogens is 430 g/mol. The maximum atomic E-state index is 12.9. The molecule has 1 unspecified atom stereocenters. The number of hydrogen-bond donors (Lipinski definition) is 3. The Morgan fingerprint density at radius 3 is 2.59 bits per heavy atom. The Bertz CT molecular complexity index is 1260. The number of carbonyl (C=O) groups is 2. The Morgan fingerprint density at radius 1 is 1.25 bits per heavy atom. The molecule has 9 nitrogen and oxygen atoms in total. The van der Waals surface area contributed by atoms with Crippen LogP contribution in [0.2, 0.25) is 0 Å². The molecule has 3 rings (SSSR count). The lowest BCUT2D eigenvalue weighted by molar-refractivity contribution is -0.115. The summed E-state index contributed by atoms with van der Waals surface area (Å²) in [5.74, 6) is -1.29. The number of nitrogens with zero attached hydrogens (tertiary/aromatic N) is 3. The number of carbonyl (C=O) groups excluding carboxylic acids is 1. The molecule has 1 amide bonds. The molecule has 10 heteroatoms. The van der Waals surface area contributed by atoms with Crippen LogP contribution in [0.25, 0.3) is 11.3 Å². The number of nitrogen functional groups attached to an aromatic ring is 1. The number of benzene rings is 1. The molecule has 32 heavy (non-hydrogen) atoms. The van der Waals surface area contributed by atoms with Crippen LogP contribution in [0.1, 0.15) is 34.8 Å². The van der Waals surface area contributed by atoms with Crippen LogP contribution in [0.4, 0.5) is 11.5 Å². The van der Waals surface area contributed by atoms with E-state index in [-0.39, 0.29) is 38.9 Å². The summed E-state index contributed by atoms with van der Waals surface area (Å²) in [5.41, 5.74) is 6.66. The molecule has 0 aliphatic rings. The number of nitrogens with two attached hydrogens (primary N) is 1. The molecule has 1 aromatic carbocycles. The Balaban J connectivity index is 1.95. The van der Waals surface area contributed by atoms with E-state index in [4.69, 9.17) is 15.3 Å². The lowest BCUT2D eigenvalue weighted by Crippen LogP contribution is -2.25. The van der Waals surface area contributed by atoms with Crippen LogP contribution in [-0.2, 0) is 4.79 Å². The minimum absolute atomic E-state index is 0.0174. The number of aromatic nitrogens is 1. The van der Waals surface area contributed by atoms with Gasteiger partial charge < -0.3 is 20.6 Å². The molecule has 2 heterocycles. The summed E-state index contributed by atoms with van der Waals surface area (Å²) in [4.78, 5) is 28.2. The zero-order valence-electron chi connectivity index (χ0n) is 16.8. The zero-order valence-corrected chi connectivity index (χ0v) is 17.6. The van der Waals surface area contributed by atoms with Crippen LogP contribution in [0.15, 0.2) is 52.1 Å². The van der Waals surface area contributed by atoms with Crippen LogP contribution in [0, 0.1) is 22.7 Å². The number of nitrogens with one attached hydrogen (secondary N) is 1. The van der Waals surface area contributed by atoms with Gasteiger partial charge in [-0.05, 0) is 36.8 Å². The molecule has 160 valence electrons. The highest BCUT2D eigenvalue weighted by Gasteiger charge is 2.26. The Hall–Kier alpha value is -4.28. The van der Waals surface area contributed by atoms with Crippen molar-refractivity contribution in [3.63, 3.8) is 0 Å². The van der Waals surface area contributed by atoms with Gasteiger partial charge >= 0.3 is 5.97 Å². The average molecular weight is 447 g/mol. The van der Waals surface area contributed by atoms with E-state index < -0.39 is 17.1 Å². The fourth-order valence-corrected chi connectivity index (χ4v) is 3.98. The molecule has 0 aliphatic carbocycles. The maximum absolute atomic E-state index is 12.9. The highest BCUT2D eigenvalue weighted by atomic mass is 32.2. The zero-order chi connectivity index (χ0) is 23.3. The van der Waals surface area contributed by atoms with Crippen molar-refractivity contribution in [1.82, 2.24) is 4.98 Å². The summed E-state index contributed by atoms with van der Waals surface area (Å²) in [6.07, 6.45) is 1.80. The Labute approximate surface area is 187 Å². The van der Waals surface area contributed by atoms with E-state index in [2.05, 4.69) is 10.3 Å². The third kappa shape index (κ3) is 4.56. The monoisotopic (exact) mass is 447 g/mol. The van der Waals surface area contributed by atoms with Gasteiger partial charge in [-0.25, -0.2) is 9.78 Å². The smallest absolute Gasteiger partial charge is 0.335 e. The second-order valence-corrected chi connectivity index (χ2v) is 7.71. The van der Waals surface area contributed by atoms with Crippen molar-refractivity contribution in [1.29, 1.82) is 10.5 Å². The van der Waals surface area contributed by atoms with Gasteiger partial charge in [0.05, 0.1) is 28.2 Å². The summed E-state index contributed by atoms with van der Waals surface area (Å²) >= 11 is 1.03. The van der Waals surface area contributed by atoms with Crippen molar-refractivity contribution >= 4 is 35.1 Å². The summed E-state index contributed by atoms with van der Waals surface area (Å²) < 4.78 is 5.38. The number of nitriles is 2. The minimum atomic E-state index is -1.11. The van der Waals surface area contributed by atoms with Crippen LogP contribution < -0.4 is 11.1 Å². The normalized spacial score (nSPS) is 11.2. The third-order valence-electron chi connectivity index (χ3n) is 4.48. The number of aromatic carboxylic acids is 1. The number of amides is 1. The Morgan fingerprint density at radius 2 is 2.00 bits per heavy atom. The molecule has 0 fully saturated rings. The number of pyridine rings is 1. The SMILES string of the molecule is CCC(Sc1nc(N)c(C#N)c(-c2ccco2)c1C#N)C(=O)Nc1cccc(C(=O)O)c1. The van der Waals surface area contributed by atoms with Crippen molar-refractivity contribution in [2.24, 2.45) is 0 Å². The quantitative estimate of drug-likeness (QED) is 0.455. The van der Waals surface area contributed by atoms with E-state index in [1.54, 1.807) is 25.1 Å². The Kier molecular flexibility index (Phi) is 6.78. The van der Waals surface area contributed by atoms with Gasteiger partial charge in [0.1, 0.15) is 34.3 Å². The molecule has 1 atom stereocenters. The predicted octanol–water partition coefficient (Wildman–Crippen LogP) is 3.87. The fraction of sp³-hybridized carbons (Fsp3) is 0.136. The van der Waals surface area contributed by atoms with Crippen LogP contribution in [0.3, 0.4) is 0 Å². The minimum Gasteiger partial charge on any atom is -0.478 e. The molecule has 0 bridgehead atoms. The molecule has 0 radical (unpaired) electrons. The van der Waals surface area contributed by atoms with Crippen molar-refractivity contribution in [3.05, 3.63) is 59.4 Å². The van der Waals surface area contributed by atoms with E-state index in [1.165, 1.54) is 24.5 Å². The summed E-state index contributed by atoms with van der Waals surface area (Å²) in [7, 11) is 0. The first-order valence-corrected chi connectivity index (χ1v) is 10.3. The third-order valence-corrected chi connectivity index (χ3v) is 5.83. The van der Waals surface area contributed by atoms with Crippen molar-refractivity contribution in [2.75, 3.05) is 11.1 Å². The van der Waals surface area contributed by atoms with Gasteiger partial charge in [0.25, 0.3) is 0 Å². The number of anilines is 2. The second kappa shape index (κ2) is 9.69. The van der Waals surface area contributed by atoms with Crippen LogP contribution >= 0.6 is 11.8 Å². The first-order valence-electron chi connectivity index (χ1n) is 9.38. The van der Waals surface area contributed by atoms with E-state index in [0.717, 1.165) is 11.8 Å². The highest BCUT2D eigenvalue weighted by Crippen LogP contribution is 2.37. The number of hydrogen-bond acceptors (Lipinski definition) is 8. The topological polar surface area (TPSA) is 166 Å². The second-order valence-electron chi connectivity index (χ2n) is 6.52. The van der Waals surface area contributed by atoms with Gasteiger partial charge in [-0.15, -0.1) is 0 Å². The fourth-order valence-electron chi connectivity index (χ4n) is 2.96. The first-order chi connectivity index (χ1) is 15.4. The molecule has 0 saturated carbocycles. The number of thioether (sulfide) groups is 1. The summed E-state index contributed by atoms with van der Waals surface area (Å²) in [5, 5.41) is 30.7. The average Bonchev–Trinajstić information content (AvgIpc) is 3.31. The molecule has 4 N–H and O–H groups in total. The number of rotatable bonds is 7. The van der Waals surface area contributed by atoms with Crippen molar-refractivity contribution in [2.45, 2.75) is 23.6 Å². The molecule has 0 spiro atoms. The highest BCUT2D eigenvalue weighted by molar-refractivity contribution is 8.00. The predicted molar refractivity (Wildman–Crippen MR) is 118 cm³/mol. The van der Waals surface area contributed by atoms with Gasteiger partial charge in [0.15, 0.2) is 0 Å². The van der Waals surface area contributed by atoms with Gasteiger partial charge in [-0.3, -0.25) is 4.79 Å². The molecule has 2 aromatic heterocycles. The van der Waals surface area contributed by atoms with E-state index >= 15 is 0 Å². The van der Waals surface area contributed by atoms with E-state index in [9.17, 15) is 20.1 Å². The summed E-state index contributed by atoms with van der Waals surface area (Å²) in [6.45, 7) is 1.79. The molecule has 3 aromatic rings. The first kappa shape index (κ1) is 22.4.